The smallest absolute Gasteiger partial charge is 0.334 e. The highest BCUT2D eigenvalue weighted by atomic mass is 35.5. The topological polar surface area (TPSA) is 104 Å². The van der Waals surface area contributed by atoms with E-state index in [0.29, 0.717) is 10.6 Å². The summed E-state index contributed by atoms with van der Waals surface area (Å²) in [7, 11) is -2.30. The van der Waals surface area contributed by atoms with Gasteiger partial charge in [-0.15, -0.1) is 0 Å². The largest absolute Gasteiger partial charge is 0.479 e. The van der Waals surface area contributed by atoms with Gasteiger partial charge in [-0.25, -0.2) is 13.2 Å². The number of aliphatic carboxylic acids is 1. The van der Waals surface area contributed by atoms with Crippen molar-refractivity contribution in [2.75, 3.05) is 19.8 Å². The highest BCUT2D eigenvalue weighted by Crippen LogP contribution is 2.27. The minimum atomic E-state index is -3.54. The maximum absolute atomic E-state index is 12.1. The second kappa shape index (κ2) is 7.29. The number of carboxylic acids is 1. The van der Waals surface area contributed by atoms with Crippen molar-refractivity contribution in [1.29, 1.82) is 0 Å². The molecule has 0 aliphatic carbocycles. The lowest BCUT2D eigenvalue weighted by Crippen LogP contribution is -2.53. The summed E-state index contributed by atoms with van der Waals surface area (Å²) in [6.45, 7) is 1.14. The average Bonchev–Trinajstić information content (AvgIpc) is 2.44. The van der Waals surface area contributed by atoms with Gasteiger partial charge in [0.05, 0.1) is 12.8 Å². The van der Waals surface area contributed by atoms with Crippen LogP contribution in [0.5, 0.6) is 0 Å². The fourth-order valence-electron chi connectivity index (χ4n) is 2.02. The van der Waals surface area contributed by atoms with Gasteiger partial charge in [-0.2, -0.15) is 4.31 Å². The lowest BCUT2D eigenvalue weighted by atomic mass is 9.87. The summed E-state index contributed by atoms with van der Waals surface area (Å²) in [5.74, 6) is -1.95. The average molecular weight is 363 g/mol. The first-order valence-corrected chi connectivity index (χ1v) is 8.97. The van der Waals surface area contributed by atoms with Crippen LogP contribution >= 0.6 is 11.6 Å². The van der Waals surface area contributed by atoms with Crippen LogP contribution in [0.25, 0.3) is 0 Å². The maximum Gasteiger partial charge on any atom is 0.334 e. The van der Waals surface area contributed by atoms with E-state index in [0.717, 1.165) is 10.6 Å². The third-order valence-electron chi connectivity index (χ3n) is 3.52. The molecule has 0 saturated heterocycles. The minimum Gasteiger partial charge on any atom is -0.479 e. The number of amides is 1. The molecule has 0 bridgehead atoms. The molecule has 23 heavy (non-hydrogen) atoms. The number of benzene rings is 1. The van der Waals surface area contributed by atoms with Crippen molar-refractivity contribution in [2.45, 2.75) is 18.9 Å². The number of rotatable bonds is 7. The first kappa shape index (κ1) is 19.4. The molecular weight excluding hydrogens is 344 g/mol. The molecule has 0 aromatic heterocycles. The van der Waals surface area contributed by atoms with Gasteiger partial charge in [-0.1, -0.05) is 30.7 Å². The quantitative estimate of drug-likeness (QED) is 0.754. The first-order chi connectivity index (χ1) is 10.5. The minimum absolute atomic E-state index is 0.0816. The lowest BCUT2D eigenvalue weighted by Gasteiger charge is -2.30. The van der Waals surface area contributed by atoms with E-state index in [-0.39, 0.29) is 6.42 Å². The highest BCUT2D eigenvalue weighted by Gasteiger charge is 2.40. The summed E-state index contributed by atoms with van der Waals surface area (Å²) in [6.07, 6.45) is 1.04. The van der Waals surface area contributed by atoms with E-state index in [1.807, 2.05) is 0 Å². The van der Waals surface area contributed by atoms with Gasteiger partial charge in [0, 0.05) is 12.1 Å². The zero-order valence-corrected chi connectivity index (χ0v) is 14.6. The summed E-state index contributed by atoms with van der Waals surface area (Å²) in [6, 6.07) is 6.08. The van der Waals surface area contributed by atoms with E-state index in [4.69, 9.17) is 11.6 Å². The van der Waals surface area contributed by atoms with Crippen LogP contribution in [0.2, 0.25) is 5.02 Å². The number of nitrogens with zero attached hydrogens (tertiary/aromatic N) is 1. The van der Waals surface area contributed by atoms with Gasteiger partial charge < -0.3 is 10.4 Å². The second-order valence-electron chi connectivity index (χ2n) is 5.14. The molecule has 1 aromatic rings. The van der Waals surface area contributed by atoms with Gasteiger partial charge in [0.15, 0.2) is 5.54 Å². The van der Waals surface area contributed by atoms with Gasteiger partial charge >= 0.3 is 5.97 Å². The molecule has 9 heteroatoms. The van der Waals surface area contributed by atoms with E-state index in [9.17, 15) is 23.1 Å². The summed E-state index contributed by atoms with van der Waals surface area (Å²) in [5.41, 5.74) is -1.30. The second-order valence-corrected chi connectivity index (χ2v) is 7.66. The standard InChI is InChI=1S/C14H19ClN2O5S/c1-4-14(13(19)20,10-5-7-11(15)8-6-10)16-12(18)9-17(2)23(3,21)22/h5-8H,4,9H2,1-3H3,(H,16,18)(H,19,20). The van der Waals surface area contributed by atoms with Crippen LogP contribution in [0.1, 0.15) is 18.9 Å². The van der Waals surface area contributed by atoms with Crippen molar-refractivity contribution < 1.29 is 23.1 Å². The van der Waals surface area contributed by atoms with Crippen molar-refractivity contribution >= 4 is 33.5 Å². The maximum atomic E-state index is 12.1. The van der Waals surface area contributed by atoms with Gasteiger partial charge in [0.25, 0.3) is 0 Å². The van der Waals surface area contributed by atoms with Crippen LogP contribution in [-0.4, -0.2) is 49.6 Å². The van der Waals surface area contributed by atoms with Crippen molar-refractivity contribution in [3.05, 3.63) is 34.9 Å². The van der Waals surface area contributed by atoms with Crippen LogP contribution in [0.4, 0.5) is 0 Å². The van der Waals surface area contributed by atoms with E-state index >= 15 is 0 Å². The Bertz CT molecular complexity index is 690. The summed E-state index contributed by atoms with van der Waals surface area (Å²) < 4.78 is 23.6. The Balaban J connectivity index is 3.11. The van der Waals surface area contributed by atoms with E-state index in [2.05, 4.69) is 5.32 Å². The molecular formula is C14H19ClN2O5S. The first-order valence-electron chi connectivity index (χ1n) is 6.74. The number of likely N-dealkylation sites (N-methyl/N-ethyl adjacent to an activating group) is 1. The molecule has 7 nitrogen and oxygen atoms in total. The fraction of sp³-hybridized carbons (Fsp3) is 0.429. The third-order valence-corrected chi connectivity index (χ3v) is 5.03. The number of carbonyl (C=O) groups excluding carboxylic acids is 1. The molecule has 0 aliphatic heterocycles. The van der Waals surface area contributed by atoms with Gasteiger partial charge in [-0.3, -0.25) is 4.79 Å². The van der Waals surface area contributed by atoms with Gasteiger partial charge in [0.2, 0.25) is 15.9 Å². The van der Waals surface area contributed by atoms with Crippen LogP contribution < -0.4 is 5.32 Å². The SMILES string of the molecule is CCC(NC(=O)CN(C)S(C)(=O)=O)(C(=O)O)c1ccc(Cl)cc1. The van der Waals surface area contributed by atoms with E-state index in [1.165, 1.54) is 31.3 Å². The van der Waals surface area contributed by atoms with Gasteiger partial charge in [-0.05, 0) is 24.1 Å². The van der Waals surface area contributed by atoms with Crippen molar-refractivity contribution in [2.24, 2.45) is 0 Å². The molecule has 0 radical (unpaired) electrons. The summed E-state index contributed by atoms with van der Waals surface area (Å²) >= 11 is 5.80. The number of hydrogen-bond acceptors (Lipinski definition) is 4. The molecule has 0 spiro atoms. The molecule has 1 unspecified atom stereocenters. The Morgan fingerprint density at radius 1 is 1.30 bits per heavy atom. The molecule has 0 fully saturated rings. The molecule has 0 heterocycles. The molecule has 0 aliphatic rings. The van der Waals surface area contributed by atoms with Crippen LogP contribution in [0.15, 0.2) is 24.3 Å². The molecule has 0 saturated carbocycles. The van der Waals surface area contributed by atoms with Crippen molar-refractivity contribution in [3.8, 4) is 0 Å². The lowest BCUT2D eigenvalue weighted by molar-refractivity contribution is -0.148. The normalized spacial score (nSPS) is 14.3. The molecule has 2 N–H and O–H groups in total. The van der Waals surface area contributed by atoms with Crippen LogP contribution in [0.3, 0.4) is 0 Å². The number of carbonyl (C=O) groups is 2. The number of hydrogen-bond donors (Lipinski definition) is 2. The zero-order valence-electron chi connectivity index (χ0n) is 13.0. The Morgan fingerprint density at radius 2 is 1.83 bits per heavy atom. The number of nitrogens with one attached hydrogen (secondary N) is 1. The molecule has 1 aromatic carbocycles. The van der Waals surface area contributed by atoms with Crippen molar-refractivity contribution in [3.63, 3.8) is 0 Å². The van der Waals surface area contributed by atoms with E-state index < -0.39 is 34.0 Å². The van der Waals surface area contributed by atoms with Crippen LogP contribution in [0, 0.1) is 0 Å². The fourth-order valence-corrected chi connectivity index (χ4v) is 2.50. The zero-order chi connectivity index (χ0) is 17.8. The Labute approximate surface area is 140 Å². The Hall–Kier alpha value is -1.64. The number of sulfonamides is 1. The number of halogens is 1. The predicted octanol–water partition coefficient (Wildman–Crippen LogP) is 1.04. The highest BCUT2D eigenvalue weighted by molar-refractivity contribution is 7.88. The summed E-state index contributed by atoms with van der Waals surface area (Å²) in [5, 5.41) is 12.5. The Morgan fingerprint density at radius 3 is 2.22 bits per heavy atom. The monoisotopic (exact) mass is 362 g/mol. The predicted molar refractivity (Wildman–Crippen MR) is 86.7 cm³/mol. The van der Waals surface area contributed by atoms with Gasteiger partial charge in [0.1, 0.15) is 0 Å². The molecule has 128 valence electrons. The Kier molecular flexibility index (Phi) is 6.15. The molecule has 1 rings (SSSR count). The number of carboxylic acid groups (broad SMARTS) is 1. The van der Waals surface area contributed by atoms with E-state index in [1.54, 1.807) is 6.92 Å². The molecule has 1 amide bonds. The third kappa shape index (κ3) is 4.66. The van der Waals surface area contributed by atoms with Crippen LogP contribution in [-0.2, 0) is 25.2 Å². The molecule has 1 atom stereocenters. The summed E-state index contributed by atoms with van der Waals surface area (Å²) in [4.78, 5) is 23.9. The van der Waals surface area contributed by atoms with Crippen molar-refractivity contribution in [1.82, 2.24) is 9.62 Å².